The van der Waals surface area contributed by atoms with E-state index >= 15 is 0 Å². The van der Waals surface area contributed by atoms with Crippen LogP contribution in [0.2, 0.25) is 0 Å². The van der Waals surface area contributed by atoms with Crippen LogP contribution in [0, 0.1) is 17.3 Å². The van der Waals surface area contributed by atoms with Crippen molar-refractivity contribution in [2.75, 3.05) is 18.8 Å². The smallest absolute Gasteiger partial charge is 0.0950 e. The van der Waals surface area contributed by atoms with Crippen molar-refractivity contribution in [3.63, 3.8) is 0 Å². The lowest BCUT2D eigenvalue weighted by Crippen LogP contribution is -2.57. The van der Waals surface area contributed by atoms with Gasteiger partial charge in [0.15, 0.2) is 0 Å². The fourth-order valence-electron chi connectivity index (χ4n) is 9.03. The molecule has 0 radical (unpaired) electrons. The van der Waals surface area contributed by atoms with Gasteiger partial charge in [0.1, 0.15) is 0 Å². The minimum Gasteiger partial charge on any atom is -0.472 e. The maximum Gasteiger partial charge on any atom is 0.0950 e. The Bertz CT molecular complexity index is 927. The molecule has 5 heteroatoms. The maximum absolute atomic E-state index is 5.54. The number of fused-ring (bicyclic) bond motifs is 2. The van der Waals surface area contributed by atoms with E-state index in [1.807, 2.05) is 25.1 Å². The minimum absolute atomic E-state index is 0.439. The van der Waals surface area contributed by atoms with Crippen LogP contribution >= 0.6 is 11.8 Å². The number of piperidine rings is 4. The van der Waals surface area contributed by atoms with Gasteiger partial charge in [-0.05, 0) is 87.2 Å². The highest BCUT2D eigenvalue weighted by Gasteiger charge is 2.56. The van der Waals surface area contributed by atoms with Crippen molar-refractivity contribution in [1.29, 1.82) is 0 Å². The van der Waals surface area contributed by atoms with Crippen molar-refractivity contribution in [3.8, 4) is 0 Å². The minimum atomic E-state index is 0.439. The van der Waals surface area contributed by atoms with Crippen molar-refractivity contribution in [2.24, 2.45) is 17.3 Å². The third-order valence-corrected chi connectivity index (χ3v) is 12.7. The highest BCUT2D eigenvalue weighted by molar-refractivity contribution is 8.01. The lowest BCUT2D eigenvalue weighted by atomic mass is 9.67. The van der Waals surface area contributed by atoms with E-state index < -0.39 is 0 Å². The zero-order chi connectivity index (χ0) is 23.6. The predicted octanol–water partition coefficient (Wildman–Crippen LogP) is 7.31. The molecule has 0 bridgehead atoms. The van der Waals surface area contributed by atoms with Crippen LogP contribution in [0.3, 0.4) is 0 Å². The average molecular weight is 495 g/mol. The van der Waals surface area contributed by atoms with Crippen molar-refractivity contribution >= 4 is 11.8 Å². The van der Waals surface area contributed by atoms with Crippen LogP contribution in [0.15, 0.2) is 46.0 Å². The second-order valence-corrected chi connectivity index (χ2v) is 14.4. The molecule has 0 unspecified atom stereocenters. The maximum atomic E-state index is 5.54. The monoisotopic (exact) mass is 494 g/mol. The predicted molar refractivity (Wildman–Crippen MR) is 141 cm³/mol. The molecule has 5 aliphatic heterocycles. The molecular formula is C30H42N2O2S. The van der Waals surface area contributed by atoms with Gasteiger partial charge < -0.3 is 8.83 Å². The molecule has 5 saturated heterocycles. The van der Waals surface area contributed by atoms with E-state index in [0.29, 0.717) is 22.2 Å². The van der Waals surface area contributed by atoms with Crippen molar-refractivity contribution in [2.45, 2.75) is 101 Å². The molecule has 5 aliphatic rings. The second kappa shape index (κ2) is 8.70. The molecule has 0 amide bonds. The Balaban J connectivity index is 1.13. The van der Waals surface area contributed by atoms with Gasteiger partial charge in [0.25, 0.3) is 0 Å². The molecule has 4 nitrogen and oxygen atoms in total. The summed E-state index contributed by atoms with van der Waals surface area (Å²) in [6.45, 7) is 7.56. The summed E-state index contributed by atoms with van der Waals surface area (Å²) in [6.07, 6.45) is 20.0. The summed E-state index contributed by atoms with van der Waals surface area (Å²) >= 11 is 2.36. The molecule has 5 fully saturated rings. The normalized spacial score (nSPS) is 44.5. The van der Waals surface area contributed by atoms with Crippen molar-refractivity contribution in [1.82, 2.24) is 9.80 Å². The summed E-state index contributed by atoms with van der Waals surface area (Å²) in [5.74, 6) is 2.99. The van der Waals surface area contributed by atoms with Crippen LogP contribution < -0.4 is 0 Å². The molecule has 2 aromatic rings. The lowest BCUT2D eigenvalue weighted by molar-refractivity contribution is -0.0454. The molecule has 190 valence electrons. The number of rotatable bonds is 2. The number of furan rings is 2. The lowest BCUT2D eigenvalue weighted by Gasteiger charge is -2.55. The van der Waals surface area contributed by atoms with Gasteiger partial charge in [0.05, 0.1) is 25.1 Å². The Morgan fingerprint density at radius 3 is 1.97 bits per heavy atom. The fraction of sp³-hybridized carbons (Fsp3) is 0.733. The van der Waals surface area contributed by atoms with Crippen LogP contribution in [0.4, 0.5) is 0 Å². The SMILES string of the molecule is C[C@@H]1CC[C@@H](c2ccoc2)N2C[C@@]3(CC[C@@H]12)C[C@]1(CC[C@H]2[C@@H](C)CC[C@@H](c4ccoc4)N2C1)CS3. The highest BCUT2D eigenvalue weighted by atomic mass is 32.2. The van der Waals surface area contributed by atoms with E-state index in [2.05, 4.69) is 47.5 Å². The van der Waals surface area contributed by atoms with E-state index in [0.717, 1.165) is 23.9 Å². The standard InChI is InChI=1S/C30H42N2O2S/c1-21-3-5-27(23-9-13-33-15-23)31-18-29(11-7-25(21)31)17-30(35-20-29)12-8-26-22(2)4-6-28(32(26)19-30)24-10-14-34-16-24/h9-10,13-16,21-22,25-28H,3-8,11-12,17-20H2,1-2H3/t21-,22+,25-,26-,27-,28-,29-,30+/m0/s1. The zero-order valence-corrected chi connectivity index (χ0v) is 22.3. The van der Waals surface area contributed by atoms with Crippen LogP contribution in [0.1, 0.15) is 94.8 Å². The summed E-state index contributed by atoms with van der Waals surface area (Å²) in [6, 6.07) is 7.04. The summed E-state index contributed by atoms with van der Waals surface area (Å²) in [7, 11) is 0. The highest BCUT2D eigenvalue weighted by Crippen LogP contribution is 2.60. The Kier molecular flexibility index (Phi) is 5.71. The Morgan fingerprint density at radius 1 is 0.771 bits per heavy atom. The van der Waals surface area contributed by atoms with Crippen molar-refractivity contribution < 1.29 is 8.83 Å². The van der Waals surface area contributed by atoms with Crippen LogP contribution in [-0.4, -0.2) is 45.5 Å². The molecule has 0 saturated carbocycles. The first kappa shape index (κ1) is 23.0. The first-order valence-electron chi connectivity index (χ1n) is 14.2. The number of thioether (sulfide) groups is 1. The van der Waals surface area contributed by atoms with Crippen LogP contribution in [0.5, 0.6) is 0 Å². The second-order valence-electron chi connectivity index (χ2n) is 13.0. The van der Waals surface area contributed by atoms with Crippen LogP contribution in [0.25, 0.3) is 0 Å². The third kappa shape index (κ3) is 3.87. The number of hydrogen-bond donors (Lipinski definition) is 0. The quantitative estimate of drug-likeness (QED) is 0.437. The Morgan fingerprint density at radius 2 is 1.37 bits per heavy atom. The van der Waals surface area contributed by atoms with Gasteiger partial charge in [0, 0.05) is 58.9 Å². The molecule has 8 atom stereocenters. The van der Waals surface area contributed by atoms with Gasteiger partial charge in [-0.3, -0.25) is 9.80 Å². The molecule has 2 aromatic heterocycles. The van der Waals surface area contributed by atoms with E-state index in [4.69, 9.17) is 8.83 Å². The number of nitrogens with zero attached hydrogens (tertiary/aromatic N) is 2. The topological polar surface area (TPSA) is 32.8 Å². The fourth-order valence-corrected chi connectivity index (χ4v) is 10.9. The number of hydrogen-bond acceptors (Lipinski definition) is 5. The zero-order valence-electron chi connectivity index (χ0n) is 21.5. The first-order valence-corrected chi connectivity index (χ1v) is 15.2. The van der Waals surface area contributed by atoms with E-state index in [1.54, 1.807) is 0 Å². The third-order valence-electron chi connectivity index (χ3n) is 10.8. The molecule has 2 spiro atoms. The molecular weight excluding hydrogens is 452 g/mol. The van der Waals surface area contributed by atoms with Gasteiger partial charge in [-0.1, -0.05) is 13.8 Å². The van der Waals surface area contributed by atoms with Gasteiger partial charge in [0.2, 0.25) is 0 Å². The van der Waals surface area contributed by atoms with Crippen LogP contribution in [-0.2, 0) is 0 Å². The largest absolute Gasteiger partial charge is 0.472 e. The van der Waals surface area contributed by atoms with Gasteiger partial charge in [-0.15, -0.1) is 0 Å². The molecule has 0 aromatic carbocycles. The molecule has 7 heterocycles. The Labute approximate surface area is 215 Å². The molecule has 0 aliphatic carbocycles. The molecule has 7 rings (SSSR count). The van der Waals surface area contributed by atoms with E-state index in [9.17, 15) is 0 Å². The summed E-state index contributed by atoms with van der Waals surface area (Å²) in [4.78, 5) is 5.86. The summed E-state index contributed by atoms with van der Waals surface area (Å²) in [5.41, 5.74) is 3.30. The molecule has 0 N–H and O–H groups in total. The summed E-state index contributed by atoms with van der Waals surface area (Å²) < 4.78 is 11.5. The Hall–Kier alpha value is -1.17. The van der Waals surface area contributed by atoms with Gasteiger partial charge >= 0.3 is 0 Å². The van der Waals surface area contributed by atoms with Gasteiger partial charge in [-0.2, -0.15) is 11.8 Å². The van der Waals surface area contributed by atoms with Crippen molar-refractivity contribution in [3.05, 3.63) is 48.3 Å². The van der Waals surface area contributed by atoms with Gasteiger partial charge in [-0.25, -0.2) is 0 Å². The van der Waals surface area contributed by atoms with E-state index in [-0.39, 0.29) is 0 Å². The van der Waals surface area contributed by atoms with E-state index in [1.165, 1.54) is 87.8 Å². The average Bonchev–Trinajstić information content (AvgIpc) is 3.63. The first-order chi connectivity index (χ1) is 17.0. The molecule has 35 heavy (non-hydrogen) atoms. The summed E-state index contributed by atoms with van der Waals surface area (Å²) in [5, 5.41) is 0.